The summed E-state index contributed by atoms with van der Waals surface area (Å²) >= 11 is 3.45. The maximum Gasteiger partial charge on any atom is 0.335 e. The summed E-state index contributed by atoms with van der Waals surface area (Å²) in [4.78, 5) is 32.0. The molecule has 0 amide bonds. The highest BCUT2D eigenvalue weighted by molar-refractivity contribution is 9.10. The van der Waals surface area contributed by atoms with Gasteiger partial charge in [-0.1, -0.05) is 200 Å². The van der Waals surface area contributed by atoms with E-state index in [2.05, 4.69) is 175 Å². The van der Waals surface area contributed by atoms with Crippen molar-refractivity contribution in [3.05, 3.63) is 291 Å². The maximum absolute atomic E-state index is 11.0. The number of aryl methyl sites for hydroxylation is 17. The Morgan fingerprint density at radius 3 is 1.01 bits per heavy atom. The van der Waals surface area contributed by atoms with Gasteiger partial charge in [0.25, 0.3) is 0 Å². The average molecular weight is 1160 g/mol. The van der Waals surface area contributed by atoms with E-state index in [1.54, 1.807) is 19.9 Å². The first-order valence-electron chi connectivity index (χ1n) is 27.2. The molecule has 6 nitrogen and oxygen atoms in total. The van der Waals surface area contributed by atoms with Crippen LogP contribution in [0.5, 0.6) is 0 Å². The maximum atomic E-state index is 11.0. The van der Waals surface area contributed by atoms with Gasteiger partial charge in [0.15, 0.2) is 5.78 Å². The number of aldehydes is 1. The highest BCUT2D eigenvalue weighted by Crippen LogP contribution is 2.19. The van der Waals surface area contributed by atoms with E-state index in [0.717, 1.165) is 61.9 Å². The van der Waals surface area contributed by atoms with Gasteiger partial charge in [-0.15, -0.1) is 0 Å². The lowest BCUT2D eigenvalue weighted by Gasteiger charge is -2.01. The number of hydrogen-bond donors (Lipinski definition) is 1. The minimum Gasteiger partial charge on any atom is -0.478 e. The molecule has 0 heterocycles. The van der Waals surface area contributed by atoms with Crippen molar-refractivity contribution in [1.82, 2.24) is 0 Å². The van der Waals surface area contributed by atoms with Crippen molar-refractivity contribution in [3.8, 4) is 12.1 Å². The van der Waals surface area contributed by atoms with Crippen LogP contribution in [0.4, 0.5) is 0 Å². The molecule has 0 aliphatic rings. The summed E-state index contributed by atoms with van der Waals surface area (Å²) in [6.45, 7) is 35.8. The van der Waals surface area contributed by atoms with Gasteiger partial charge in [0.2, 0.25) is 0 Å². The molecule has 7 heteroatoms. The molecule has 1 N–H and O–H groups in total. The van der Waals surface area contributed by atoms with E-state index in [1.807, 2.05) is 121 Å². The van der Waals surface area contributed by atoms with E-state index in [9.17, 15) is 14.4 Å². The Kier molecular flexibility index (Phi) is 30.0. The zero-order chi connectivity index (χ0) is 61.8. The largest absolute Gasteiger partial charge is 0.478 e. The van der Waals surface area contributed by atoms with Crippen LogP contribution in [-0.2, 0) is 0 Å². The summed E-state index contributed by atoms with van der Waals surface area (Å²) < 4.78 is 1.20. The molecule has 9 aromatic carbocycles. The van der Waals surface area contributed by atoms with Gasteiger partial charge in [-0.2, -0.15) is 10.5 Å². The highest BCUT2D eigenvalue weighted by Gasteiger charge is 2.08. The second-order valence-electron chi connectivity index (χ2n) is 21.0. The number of Topliss-reactive ketones (excluding diaryl/α,β-unsaturated/α-hetero) is 1. The summed E-state index contributed by atoms with van der Waals surface area (Å²) in [7, 11) is 0. The number of ketones is 1. The molecule has 424 valence electrons. The number of nitrogens with zero attached hydrogens (tertiary/aromatic N) is 2. The molecule has 9 aromatic rings. The number of aromatic carboxylic acids is 1. The average Bonchev–Trinajstić information content (AvgIpc) is 3.45. The van der Waals surface area contributed by atoms with E-state index < -0.39 is 5.97 Å². The van der Waals surface area contributed by atoms with E-state index in [-0.39, 0.29) is 5.78 Å². The first-order valence-corrected chi connectivity index (χ1v) is 28.0. The van der Waals surface area contributed by atoms with Crippen molar-refractivity contribution >= 4 is 44.7 Å². The van der Waals surface area contributed by atoms with Gasteiger partial charge < -0.3 is 5.11 Å². The van der Waals surface area contributed by atoms with Crippen molar-refractivity contribution < 1.29 is 19.5 Å². The van der Waals surface area contributed by atoms with Gasteiger partial charge in [-0.05, 0) is 210 Å². The SMILES string of the molecule is CC(=O)c1cc(C)ccc1C.Cc1ccc(C)c(Br)c1.Cc1ccc(C)c(C#N)c1C#N.Cc1ccc(C)c(C(=O)O)c1.Cc1ccc(C)c(C)c1.Cc1ccc(C)c(C=O)c1.Cc1ccc(C)cc1.Cc1ccc2cc(C)ccc2c1. The Morgan fingerprint density at radius 2 is 0.683 bits per heavy atom. The Balaban J connectivity index is 0.000000321. The first-order chi connectivity index (χ1) is 38.6. The molecule has 0 atom stereocenters. The molecule has 0 saturated carbocycles. The highest BCUT2D eigenvalue weighted by atomic mass is 79.9. The van der Waals surface area contributed by atoms with Crippen LogP contribution < -0.4 is 0 Å². The molecule has 0 fully saturated rings. The fourth-order valence-electron chi connectivity index (χ4n) is 7.78. The predicted molar refractivity (Wildman–Crippen MR) is 349 cm³/mol. The third kappa shape index (κ3) is 24.9. The summed E-state index contributed by atoms with van der Waals surface area (Å²) in [5.41, 5.74) is 22.9. The molecule has 0 saturated heterocycles. The number of hydrogen-bond acceptors (Lipinski definition) is 5. The van der Waals surface area contributed by atoms with Gasteiger partial charge in [-0.3, -0.25) is 9.59 Å². The molecular formula is C75H83BrN2O4. The summed E-state index contributed by atoms with van der Waals surface area (Å²) in [5.74, 6) is -0.711. The van der Waals surface area contributed by atoms with Crippen LogP contribution in [0.3, 0.4) is 0 Å². The number of carbonyl (C=O) groups is 3. The first kappa shape index (κ1) is 69.6. The summed E-state index contributed by atoms with van der Waals surface area (Å²) in [5, 5.41) is 28.9. The van der Waals surface area contributed by atoms with E-state index in [1.165, 1.54) is 65.3 Å². The second kappa shape index (κ2) is 35.3. The molecular weight excluding hydrogens is 1070 g/mol. The number of carboxylic acids is 1. The van der Waals surface area contributed by atoms with Crippen molar-refractivity contribution in [2.45, 2.75) is 125 Å². The summed E-state index contributed by atoms with van der Waals surface area (Å²) in [6, 6.07) is 59.4. The molecule has 0 aromatic heterocycles. The quantitative estimate of drug-likeness (QED) is 0.139. The number of benzene rings is 9. The molecule has 0 spiro atoms. The topological polar surface area (TPSA) is 119 Å². The minimum atomic E-state index is -0.855. The number of halogens is 1. The van der Waals surface area contributed by atoms with Crippen LogP contribution in [-0.4, -0.2) is 23.1 Å². The number of fused-ring (bicyclic) bond motifs is 1. The Bertz CT molecular complexity index is 3460. The fraction of sp³-hybridized carbons (Fsp3) is 0.240. The Labute approximate surface area is 499 Å². The normalized spacial score (nSPS) is 9.57. The second-order valence-corrected chi connectivity index (χ2v) is 21.9. The van der Waals surface area contributed by atoms with Crippen molar-refractivity contribution in [1.29, 1.82) is 10.5 Å². The van der Waals surface area contributed by atoms with E-state index >= 15 is 0 Å². The third-order valence-electron chi connectivity index (χ3n) is 13.2. The molecule has 0 radical (unpaired) electrons. The molecule has 0 aliphatic heterocycles. The van der Waals surface area contributed by atoms with Gasteiger partial charge in [0.05, 0.1) is 16.7 Å². The Hall–Kier alpha value is -8.49. The fourth-order valence-corrected chi connectivity index (χ4v) is 8.27. The molecule has 0 unspecified atom stereocenters. The lowest BCUT2D eigenvalue weighted by atomic mass is 9.99. The molecule has 9 rings (SSSR count). The number of rotatable bonds is 3. The number of carbonyl (C=O) groups excluding carboxylic acids is 2. The van der Waals surface area contributed by atoms with Crippen molar-refractivity contribution in [3.63, 3.8) is 0 Å². The zero-order valence-electron chi connectivity index (χ0n) is 51.6. The number of carboxylic acid groups (broad SMARTS) is 1. The smallest absolute Gasteiger partial charge is 0.335 e. The van der Waals surface area contributed by atoms with Crippen LogP contribution in [0, 0.1) is 140 Å². The molecule has 82 heavy (non-hydrogen) atoms. The van der Waals surface area contributed by atoms with Crippen molar-refractivity contribution in [2.24, 2.45) is 0 Å². The predicted octanol–water partition coefficient (Wildman–Crippen LogP) is 20.1. The zero-order valence-corrected chi connectivity index (χ0v) is 53.2. The van der Waals surface area contributed by atoms with E-state index in [0.29, 0.717) is 16.7 Å². The number of nitriles is 2. The lowest BCUT2D eigenvalue weighted by Crippen LogP contribution is -1.99. The lowest BCUT2D eigenvalue weighted by molar-refractivity contribution is 0.0695. The van der Waals surface area contributed by atoms with Gasteiger partial charge in [0, 0.05) is 15.6 Å². The van der Waals surface area contributed by atoms with Crippen molar-refractivity contribution in [2.75, 3.05) is 0 Å². The van der Waals surface area contributed by atoms with Gasteiger partial charge in [-0.25, -0.2) is 4.79 Å². The van der Waals surface area contributed by atoms with E-state index in [4.69, 9.17) is 15.6 Å². The minimum absolute atomic E-state index is 0.145. The van der Waals surface area contributed by atoms with Gasteiger partial charge >= 0.3 is 5.97 Å². The van der Waals surface area contributed by atoms with Crippen LogP contribution >= 0.6 is 15.9 Å². The van der Waals surface area contributed by atoms with Gasteiger partial charge in [0.1, 0.15) is 18.4 Å². The standard InChI is InChI=1S/C12H12.C10H8N2.C10H12O.C9H10O2.C9H10O.C9H12.C8H9Br.C8H10/c1-9-3-5-12-8-10(2)4-6-11(12)7-9;1-7-3-4-8(2)10(6-12)9(7)5-11;1-7-4-5-8(2)10(6-7)9(3)11;1-6-3-4-7(2)8(5-6)9(10)11;1-7-3-4-8(2)9(5-7)6-10;1-7-4-5-8(2)9(3)6-7;1-6-3-4-7(2)8(9)5-6;1-7-3-5-8(2)6-4-7/h3-8H,1-2H3;3-4H,1-2H3;4-6H,1-3H3;3-5H,1-2H3,(H,10,11);3-6H,1-2H3;4-6H,1-3H3;3-5H,1-2H3;3-6H,1-2H3. The molecule has 0 bridgehead atoms. The summed E-state index contributed by atoms with van der Waals surface area (Å²) in [6.07, 6.45) is 0.891. The Morgan fingerprint density at radius 1 is 0.366 bits per heavy atom. The van der Waals surface area contributed by atoms with Crippen LogP contribution in [0.2, 0.25) is 0 Å². The monoisotopic (exact) mass is 1150 g/mol. The van der Waals surface area contributed by atoms with Crippen LogP contribution in [0.1, 0.15) is 144 Å². The van der Waals surface area contributed by atoms with Crippen LogP contribution in [0.25, 0.3) is 10.8 Å². The molecule has 0 aliphatic carbocycles. The van der Waals surface area contributed by atoms with Crippen LogP contribution in [0.15, 0.2) is 168 Å². The third-order valence-corrected chi connectivity index (χ3v) is 14.0.